The van der Waals surface area contributed by atoms with Gasteiger partial charge in [0.2, 0.25) is 12.4 Å². The number of carbonyl (C=O) groups excluding carboxylic acids is 1. The molecule has 0 bridgehead atoms. The molecule has 0 saturated carbocycles. The third kappa shape index (κ3) is 2.01. The molecule has 1 unspecified atom stereocenters. The molecule has 1 aromatic rings. The van der Waals surface area contributed by atoms with Gasteiger partial charge in [0, 0.05) is 5.56 Å². The Morgan fingerprint density at radius 1 is 1.42 bits per heavy atom. The number of hydrogen-bond donors (Lipinski definition) is 0. The van der Waals surface area contributed by atoms with E-state index in [1.54, 1.807) is 24.3 Å². The van der Waals surface area contributed by atoms with Crippen molar-refractivity contribution in [3.8, 4) is 0 Å². The fraction of sp³-hybridized carbons (Fsp3) is 0.222. The molecule has 0 heterocycles. The van der Waals surface area contributed by atoms with Crippen LogP contribution in [0.1, 0.15) is 17.4 Å². The summed E-state index contributed by atoms with van der Waals surface area (Å²) in [5, 5.41) is 0. The van der Waals surface area contributed by atoms with Gasteiger partial charge in [-0.05, 0) is 6.92 Å². The molecule has 0 spiro atoms. The second kappa shape index (κ2) is 3.79. The van der Waals surface area contributed by atoms with Gasteiger partial charge in [-0.3, -0.25) is 0 Å². The van der Waals surface area contributed by atoms with Gasteiger partial charge in [0.1, 0.15) is 0 Å². The number of isocyanates is 1. The summed E-state index contributed by atoms with van der Waals surface area (Å²) in [6, 6.07) is 6.73. The van der Waals surface area contributed by atoms with E-state index in [9.17, 15) is 9.18 Å². The molecule has 0 N–H and O–H groups in total. The van der Waals surface area contributed by atoms with E-state index in [1.807, 2.05) is 6.92 Å². The van der Waals surface area contributed by atoms with E-state index in [1.165, 1.54) is 6.08 Å². The highest BCUT2D eigenvalue weighted by Crippen LogP contribution is 2.17. The zero-order valence-corrected chi connectivity index (χ0v) is 6.62. The number of halogens is 1. The van der Waals surface area contributed by atoms with Crippen LogP contribution in [0.4, 0.5) is 4.39 Å². The molecular formula is C9H8FNO. The standard InChI is InChI=1S/C9H8FNO/c1-7-2-4-8(5-3-7)9(10)11-6-12/h2-5,9H,1H3. The number of benzene rings is 1. The maximum Gasteiger partial charge on any atom is 0.238 e. The third-order valence-corrected chi connectivity index (χ3v) is 1.52. The molecule has 0 amide bonds. The predicted molar refractivity (Wildman–Crippen MR) is 43.1 cm³/mol. The number of rotatable bonds is 2. The molecule has 0 fully saturated rings. The van der Waals surface area contributed by atoms with Crippen LogP contribution in [-0.2, 0) is 4.79 Å². The topological polar surface area (TPSA) is 29.4 Å². The summed E-state index contributed by atoms with van der Waals surface area (Å²) in [6.07, 6.45) is -0.400. The minimum Gasteiger partial charge on any atom is -0.215 e. The molecular weight excluding hydrogens is 157 g/mol. The Hall–Kier alpha value is -1.47. The molecule has 12 heavy (non-hydrogen) atoms. The Labute approximate surface area is 69.7 Å². The van der Waals surface area contributed by atoms with E-state index in [0.29, 0.717) is 5.56 Å². The number of alkyl halides is 1. The Morgan fingerprint density at radius 3 is 2.50 bits per heavy atom. The summed E-state index contributed by atoms with van der Waals surface area (Å²) >= 11 is 0. The number of aliphatic imine (C=N–C) groups is 1. The van der Waals surface area contributed by atoms with Crippen LogP contribution in [0.3, 0.4) is 0 Å². The van der Waals surface area contributed by atoms with Crippen molar-refractivity contribution < 1.29 is 9.18 Å². The molecule has 0 aromatic heterocycles. The van der Waals surface area contributed by atoms with Gasteiger partial charge in [-0.2, -0.15) is 4.99 Å². The molecule has 0 aliphatic carbocycles. The van der Waals surface area contributed by atoms with Gasteiger partial charge < -0.3 is 0 Å². The van der Waals surface area contributed by atoms with Crippen molar-refractivity contribution in [3.05, 3.63) is 35.4 Å². The SMILES string of the molecule is Cc1ccc(C(F)N=C=O)cc1. The van der Waals surface area contributed by atoms with Crippen LogP contribution < -0.4 is 0 Å². The average Bonchev–Trinajstić information content (AvgIpc) is 2.06. The lowest BCUT2D eigenvalue weighted by Crippen LogP contribution is -1.86. The Bertz CT molecular complexity index is 301. The highest BCUT2D eigenvalue weighted by molar-refractivity contribution is 5.35. The second-order valence-corrected chi connectivity index (χ2v) is 2.47. The predicted octanol–water partition coefficient (Wildman–Crippen LogP) is 2.30. The van der Waals surface area contributed by atoms with Crippen molar-refractivity contribution in [1.29, 1.82) is 0 Å². The molecule has 0 aliphatic rings. The van der Waals surface area contributed by atoms with E-state index in [-0.39, 0.29) is 0 Å². The van der Waals surface area contributed by atoms with Gasteiger partial charge >= 0.3 is 0 Å². The molecule has 0 radical (unpaired) electrons. The van der Waals surface area contributed by atoms with Gasteiger partial charge in [-0.1, -0.05) is 29.8 Å². The Morgan fingerprint density at radius 2 is 2.00 bits per heavy atom. The van der Waals surface area contributed by atoms with Crippen LogP contribution in [-0.4, -0.2) is 6.08 Å². The van der Waals surface area contributed by atoms with Crippen LogP contribution >= 0.6 is 0 Å². The van der Waals surface area contributed by atoms with Crippen LogP contribution in [0.2, 0.25) is 0 Å². The molecule has 2 nitrogen and oxygen atoms in total. The molecule has 1 aromatic carbocycles. The number of aryl methyl sites for hydroxylation is 1. The maximum atomic E-state index is 12.8. The van der Waals surface area contributed by atoms with Crippen molar-refractivity contribution in [3.63, 3.8) is 0 Å². The first-order valence-electron chi connectivity index (χ1n) is 3.51. The average molecular weight is 165 g/mol. The van der Waals surface area contributed by atoms with Crippen LogP contribution in [0, 0.1) is 6.92 Å². The second-order valence-electron chi connectivity index (χ2n) is 2.47. The van der Waals surface area contributed by atoms with Crippen molar-refractivity contribution >= 4 is 6.08 Å². The maximum absolute atomic E-state index is 12.8. The third-order valence-electron chi connectivity index (χ3n) is 1.52. The lowest BCUT2D eigenvalue weighted by molar-refractivity contribution is 0.356. The summed E-state index contributed by atoms with van der Waals surface area (Å²) in [5.74, 6) is 0. The first-order chi connectivity index (χ1) is 5.74. The van der Waals surface area contributed by atoms with Gasteiger partial charge in [-0.25, -0.2) is 9.18 Å². The minimum absolute atomic E-state index is 0.379. The van der Waals surface area contributed by atoms with E-state index >= 15 is 0 Å². The van der Waals surface area contributed by atoms with Crippen LogP contribution in [0.25, 0.3) is 0 Å². The van der Waals surface area contributed by atoms with Crippen molar-refractivity contribution in [2.45, 2.75) is 13.2 Å². The number of hydrogen-bond acceptors (Lipinski definition) is 2. The van der Waals surface area contributed by atoms with Crippen molar-refractivity contribution in [1.82, 2.24) is 0 Å². The lowest BCUT2D eigenvalue weighted by Gasteiger charge is -2.00. The zero-order valence-electron chi connectivity index (χ0n) is 6.62. The minimum atomic E-state index is -1.58. The molecule has 0 aliphatic heterocycles. The van der Waals surface area contributed by atoms with E-state index in [0.717, 1.165) is 5.56 Å². The molecule has 62 valence electrons. The largest absolute Gasteiger partial charge is 0.238 e. The van der Waals surface area contributed by atoms with E-state index in [4.69, 9.17) is 0 Å². The quantitative estimate of drug-likeness (QED) is 0.375. The van der Waals surface area contributed by atoms with Gasteiger partial charge in [-0.15, -0.1) is 0 Å². The molecule has 3 heteroatoms. The summed E-state index contributed by atoms with van der Waals surface area (Å²) in [4.78, 5) is 12.7. The van der Waals surface area contributed by atoms with Crippen molar-refractivity contribution in [2.24, 2.45) is 4.99 Å². The lowest BCUT2D eigenvalue weighted by atomic mass is 10.1. The van der Waals surface area contributed by atoms with Crippen LogP contribution in [0.5, 0.6) is 0 Å². The number of nitrogens with zero attached hydrogens (tertiary/aromatic N) is 1. The summed E-state index contributed by atoms with van der Waals surface area (Å²) in [6.45, 7) is 1.90. The van der Waals surface area contributed by atoms with Gasteiger partial charge in [0.05, 0.1) is 0 Å². The molecule has 1 atom stereocenters. The molecule has 0 saturated heterocycles. The van der Waals surface area contributed by atoms with Crippen molar-refractivity contribution in [2.75, 3.05) is 0 Å². The highest BCUT2D eigenvalue weighted by Gasteiger charge is 2.05. The smallest absolute Gasteiger partial charge is 0.215 e. The van der Waals surface area contributed by atoms with Gasteiger partial charge in [0.25, 0.3) is 0 Å². The first kappa shape index (κ1) is 8.62. The first-order valence-corrected chi connectivity index (χ1v) is 3.51. The normalized spacial score (nSPS) is 11.8. The van der Waals surface area contributed by atoms with Crippen LogP contribution in [0.15, 0.2) is 29.3 Å². The Kier molecular flexibility index (Phi) is 2.72. The monoisotopic (exact) mass is 165 g/mol. The van der Waals surface area contributed by atoms with E-state index < -0.39 is 6.30 Å². The summed E-state index contributed by atoms with van der Waals surface area (Å²) in [5.41, 5.74) is 1.42. The highest BCUT2D eigenvalue weighted by atomic mass is 19.1. The summed E-state index contributed by atoms with van der Waals surface area (Å²) < 4.78 is 12.8. The summed E-state index contributed by atoms with van der Waals surface area (Å²) in [7, 11) is 0. The zero-order chi connectivity index (χ0) is 8.97. The Balaban J connectivity index is 2.89. The fourth-order valence-corrected chi connectivity index (χ4v) is 0.846. The molecule has 1 rings (SSSR count). The van der Waals surface area contributed by atoms with E-state index in [2.05, 4.69) is 4.99 Å². The fourth-order valence-electron chi connectivity index (χ4n) is 0.846. The van der Waals surface area contributed by atoms with Gasteiger partial charge in [0.15, 0.2) is 0 Å².